The van der Waals surface area contributed by atoms with E-state index >= 15 is 0 Å². The Morgan fingerprint density at radius 2 is 2.07 bits per heavy atom. The van der Waals surface area contributed by atoms with E-state index in [4.69, 9.17) is 21.1 Å². The van der Waals surface area contributed by atoms with Gasteiger partial charge in [-0.15, -0.1) is 0 Å². The van der Waals surface area contributed by atoms with Crippen LogP contribution in [0.5, 0.6) is 11.5 Å². The van der Waals surface area contributed by atoms with Crippen molar-refractivity contribution in [3.05, 3.63) is 52.3 Å². The largest absolute Gasteiger partial charge is 0.497 e. The van der Waals surface area contributed by atoms with Crippen molar-refractivity contribution in [1.29, 1.82) is 0 Å². The first-order chi connectivity index (χ1) is 12.8. The van der Waals surface area contributed by atoms with E-state index in [2.05, 4.69) is 4.99 Å². The lowest BCUT2D eigenvalue weighted by molar-refractivity contribution is 0.0920. The fourth-order valence-corrected chi connectivity index (χ4v) is 2.50. The smallest absolute Gasteiger partial charge is 0.200 e. The van der Waals surface area contributed by atoms with Crippen LogP contribution in [0.4, 0.5) is 10.1 Å². The van der Waals surface area contributed by atoms with E-state index in [1.165, 1.54) is 19.2 Å². The number of methoxy groups -OCH3 is 1. The van der Waals surface area contributed by atoms with Crippen LogP contribution >= 0.6 is 11.6 Å². The van der Waals surface area contributed by atoms with Crippen molar-refractivity contribution in [2.45, 2.75) is 13.8 Å². The van der Waals surface area contributed by atoms with Gasteiger partial charge in [0.25, 0.3) is 0 Å². The Bertz CT molecular complexity index is 855. The topological polar surface area (TPSA) is 51.1 Å². The van der Waals surface area contributed by atoms with Gasteiger partial charge in [0.05, 0.1) is 24.2 Å². The number of aliphatic imine (C=N–C) groups is 1. The van der Waals surface area contributed by atoms with E-state index in [-0.39, 0.29) is 18.0 Å². The summed E-state index contributed by atoms with van der Waals surface area (Å²) in [6.45, 7) is 4.20. The highest BCUT2D eigenvalue weighted by Crippen LogP contribution is 2.29. The van der Waals surface area contributed by atoms with E-state index in [0.717, 1.165) is 6.54 Å². The molecule has 0 N–H and O–H groups in total. The highest BCUT2D eigenvalue weighted by Gasteiger charge is 2.15. The maximum atomic E-state index is 14.0. The van der Waals surface area contributed by atoms with Crippen LogP contribution in [0.1, 0.15) is 22.8 Å². The second-order valence-electron chi connectivity index (χ2n) is 5.92. The van der Waals surface area contributed by atoms with Crippen LogP contribution in [0, 0.1) is 12.7 Å². The molecule has 7 heteroatoms. The molecule has 144 valence electrons. The Morgan fingerprint density at radius 3 is 2.70 bits per heavy atom. The number of hydrogen-bond donors (Lipinski definition) is 0. The van der Waals surface area contributed by atoms with Gasteiger partial charge in [-0.2, -0.15) is 0 Å². The fourth-order valence-electron chi connectivity index (χ4n) is 2.28. The Morgan fingerprint density at radius 1 is 1.33 bits per heavy atom. The summed E-state index contributed by atoms with van der Waals surface area (Å²) in [6, 6.07) is 7.37. The Kier molecular flexibility index (Phi) is 7.19. The lowest BCUT2D eigenvalue weighted by Gasteiger charge is -2.12. The SMILES string of the molecule is CCN(C)/C=N\c1cc(F)cc(C(=O)COc2ccc(OC)cc2Cl)c1C. The van der Waals surface area contributed by atoms with Gasteiger partial charge in [-0.25, -0.2) is 9.38 Å². The van der Waals surface area contributed by atoms with Crippen LogP contribution in [-0.4, -0.2) is 44.3 Å². The quantitative estimate of drug-likeness (QED) is 0.372. The predicted molar refractivity (Wildman–Crippen MR) is 105 cm³/mol. The first-order valence-corrected chi connectivity index (χ1v) is 8.77. The number of Topliss-reactive ketones (excluding diaryl/α,β-unsaturated/α-hetero) is 1. The molecule has 27 heavy (non-hydrogen) atoms. The lowest BCUT2D eigenvalue weighted by Crippen LogP contribution is -2.15. The molecule has 0 saturated carbocycles. The molecule has 0 radical (unpaired) electrons. The Balaban J connectivity index is 2.18. The zero-order chi connectivity index (χ0) is 20.0. The molecule has 0 atom stereocenters. The summed E-state index contributed by atoms with van der Waals surface area (Å²) in [5, 5.41) is 0.325. The first-order valence-electron chi connectivity index (χ1n) is 8.39. The molecule has 0 spiro atoms. The van der Waals surface area contributed by atoms with E-state index in [1.807, 2.05) is 18.9 Å². The summed E-state index contributed by atoms with van der Waals surface area (Å²) in [6.07, 6.45) is 1.60. The van der Waals surface area contributed by atoms with Crippen molar-refractivity contribution in [3.63, 3.8) is 0 Å². The molecule has 2 rings (SSSR count). The Hall–Kier alpha value is -2.60. The number of carbonyl (C=O) groups is 1. The van der Waals surface area contributed by atoms with Crippen LogP contribution in [0.25, 0.3) is 0 Å². The number of carbonyl (C=O) groups excluding carboxylic acids is 1. The van der Waals surface area contributed by atoms with Gasteiger partial charge in [-0.05, 0) is 43.7 Å². The zero-order valence-electron chi connectivity index (χ0n) is 15.8. The minimum atomic E-state index is -0.530. The summed E-state index contributed by atoms with van der Waals surface area (Å²) < 4.78 is 24.5. The van der Waals surface area contributed by atoms with Crippen molar-refractivity contribution < 1.29 is 18.7 Å². The van der Waals surface area contributed by atoms with Crippen LogP contribution in [0.15, 0.2) is 35.3 Å². The molecule has 0 unspecified atom stereocenters. The number of hydrogen-bond acceptors (Lipinski definition) is 4. The molecule has 0 aliphatic carbocycles. The molecule has 0 aliphatic heterocycles. The molecular formula is C20H22ClFN2O3. The van der Waals surface area contributed by atoms with Crippen LogP contribution in [0.3, 0.4) is 0 Å². The van der Waals surface area contributed by atoms with E-state index in [9.17, 15) is 9.18 Å². The summed E-state index contributed by atoms with van der Waals surface area (Å²) in [5.74, 6) is 0.0406. The highest BCUT2D eigenvalue weighted by atomic mass is 35.5. The van der Waals surface area contributed by atoms with Gasteiger partial charge >= 0.3 is 0 Å². The Labute approximate surface area is 163 Å². The summed E-state index contributed by atoms with van der Waals surface area (Å²) >= 11 is 6.10. The van der Waals surface area contributed by atoms with Crippen molar-refractivity contribution in [2.75, 3.05) is 27.3 Å². The molecule has 0 bridgehead atoms. The third-order valence-corrected chi connectivity index (χ3v) is 4.33. The zero-order valence-corrected chi connectivity index (χ0v) is 16.5. The normalized spacial score (nSPS) is 10.9. The summed E-state index contributed by atoms with van der Waals surface area (Å²) in [7, 11) is 3.39. The van der Waals surface area contributed by atoms with E-state index < -0.39 is 5.82 Å². The van der Waals surface area contributed by atoms with Crippen molar-refractivity contribution >= 4 is 29.4 Å². The highest BCUT2D eigenvalue weighted by molar-refractivity contribution is 6.32. The summed E-state index contributed by atoms with van der Waals surface area (Å²) in [4.78, 5) is 18.7. The van der Waals surface area contributed by atoms with Crippen molar-refractivity contribution in [2.24, 2.45) is 4.99 Å². The van der Waals surface area contributed by atoms with Crippen molar-refractivity contribution in [3.8, 4) is 11.5 Å². The molecule has 0 fully saturated rings. The molecule has 0 saturated heterocycles. The summed E-state index contributed by atoms with van der Waals surface area (Å²) in [5.41, 5.74) is 1.22. The molecular weight excluding hydrogens is 371 g/mol. The lowest BCUT2D eigenvalue weighted by atomic mass is 10.0. The number of ether oxygens (including phenoxy) is 2. The molecule has 0 heterocycles. The van der Waals surface area contributed by atoms with Crippen LogP contribution < -0.4 is 9.47 Å². The number of rotatable bonds is 8. The number of nitrogens with zero attached hydrogens (tertiary/aromatic N) is 2. The molecule has 0 amide bonds. The molecule has 5 nitrogen and oxygen atoms in total. The van der Waals surface area contributed by atoms with E-state index in [1.54, 1.807) is 31.5 Å². The average molecular weight is 393 g/mol. The first kappa shape index (κ1) is 20.7. The van der Waals surface area contributed by atoms with Gasteiger partial charge in [0, 0.05) is 25.2 Å². The second-order valence-corrected chi connectivity index (χ2v) is 6.33. The van der Waals surface area contributed by atoms with E-state index in [0.29, 0.717) is 27.8 Å². The van der Waals surface area contributed by atoms with Gasteiger partial charge in [-0.3, -0.25) is 4.79 Å². The van der Waals surface area contributed by atoms with Crippen LogP contribution in [-0.2, 0) is 0 Å². The average Bonchev–Trinajstić information content (AvgIpc) is 2.66. The minimum Gasteiger partial charge on any atom is -0.497 e. The van der Waals surface area contributed by atoms with Gasteiger partial charge in [0.15, 0.2) is 6.61 Å². The third kappa shape index (κ3) is 5.44. The van der Waals surface area contributed by atoms with Crippen LogP contribution in [0.2, 0.25) is 5.02 Å². The fraction of sp³-hybridized carbons (Fsp3) is 0.300. The standard InChI is InChI=1S/C20H22ClFN2O3/c1-5-24(3)12-23-18-9-14(22)8-16(13(18)2)19(25)11-27-20-7-6-15(26-4)10-17(20)21/h6-10,12H,5,11H2,1-4H3/b23-12-. The maximum absolute atomic E-state index is 14.0. The van der Waals surface area contributed by atoms with Crippen molar-refractivity contribution in [1.82, 2.24) is 4.90 Å². The van der Waals surface area contributed by atoms with Gasteiger partial charge in [-0.1, -0.05) is 11.6 Å². The molecule has 0 aliphatic rings. The number of halogens is 2. The maximum Gasteiger partial charge on any atom is 0.200 e. The molecule has 2 aromatic rings. The molecule has 0 aromatic heterocycles. The number of benzene rings is 2. The second kappa shape index (κ2) is 9.37. The number of ketones is 1. The van der Waals surface area contributed by atoms with Gasteiger partial charge in [0.2, 0.25) is 5.78 Å². The van der Waals surface area contributed by atoms with Gasteiger partial charge < -0.3 is 14.4 Å². The predicted octanol–water partition coefficient (Wildman–Crippen LogP) is 4.67. The monoisotopic (exact) mass is 392 g/mol. The van der Waals surface area contributed by atoms with Gasteiger partial charge in [0.1, 0.15) is 17.3 Å². The molecule has 2 aromatic carbocycles. The third-order valence-electron chi connectivity index (χ3n) is 4.04. The minimum absolute atomic E-state index is 0.228.